The van der Waals surface area contributed by atoms with Crippen molar-refractivity contribution in [1.82, 2.24) is 19.6 Å². The third-order valence-corrected chi connectivity index (χ3v) is 3.63. The molecule has 18 heavy (non-hydrogen) atoms. The molecule has 0 N–H and O–H groups in total. The summed E-state index contributed by atoms with van der Waals surface area (Å²) in [6, 6.07) is 1.18. The van der Waals surface area contributed by atoms with Gasteiger partial charge < -0.3 is 19.6 Å². The summed E-state index contributed by atoms with van der Waals surface area (Å²) in [5, 5.41) is 0. The molecule has 4 heteroatoms. The molecular formula is C14H26N4. The molecule has 0 atom stereocenters. The monoisotopic (exact) mass is 250 g/mol. The largest absolute Gasteiger partial charge is 0.357 e. The number of hydrogen-bond donors (Lipinski definition) is 0. The SMILES string of the molecule is CC(C)N1C=CN(CCN2C=CN(C(C)C)C2)C1. The fourth-order valence-corrected chi connectivity index (χ4v) is 2.19. The summed E-state index contributed by atoms with van der Waals surface area (Å²) in [5.74, 6) is 0. The van der Waals surface area contributed by atoms with Crippen molar-refractivity contribution < 1.29 is 0 Å². The van der Waals surface area contributed by atoms with Gasteiger partial charge in [-0.25, -0.2) is 0 Å². The maximum absolute atomic E-state index is 2.38. The molecule has 0 aromatic heterocycles. The zero-order chi connectivity index (χ0) is 13.1. The molecule has 0 amide bonds. The molecule has 0 bridgehead atoms. The average Bonchev–Trinajstić information content (AvgIpc) is 2.95. The van der Waals surface area contributed by atoms with Crippen molar-refractivity contribution in [2.45, 2.75) is 39.8 Å². The first kappa shape index (κ1) is 13.1. The van der Waals surface area contributed by atoms with E-state index < -0.39 is 0 Å². The van der Waals surface area contributed by atoms with Crippen molar-refractivity contribution >= 4 is 0 Å². The summed E-state index contributed by atoms with van der Waals surface area (Å²) in [5.41, 5.74) is 0. The fraction of sp³-hybridized carbons (Fsp3) is 0.714. The van der Waals surface area contributed by atoms with Crippen molar-refractivity contribution in [1.29, 1.82) is 0 Å². The van der Waals surface area contributed by atoms with Crippen LogP contribution in [0.3, 0.4) is 0 Å². The zero-order valence-electron chi connectivity index (χ0n) is 12.1. The van der Waals surface area contributed by atoms with Crippen molar-refractivity contribution in [2.24, 2.45) is 0 Å². The van der Waals surface area contributed by atoms with E-state index in [1.807, 2.05) is 0 Å². The maximum Gasteiger partial charge on any atom is 0.0897 e. The van der Waals surface area contributed by atoms with Crippen LogP contribution >= 0.6 is 0 Å². The minimum atomic E-state index is 0.592. The van der Waals surface area contributed by atoms with Crippen LogP contribution in [0.15, 0.2) is 24.8 Å². The van der Waals surface area contributed by atoms with Crippen LogP contribution in [0, 0.1) is 0 Å². The van der Waals surface area contributed by atoms with Gasteiger partial charge in [0.2, 0.25) is 0 Å². The Morgan fingerprint density at radius 1 is 0.722 bits per heavy atom. The highest BCUT2D eigenvalue weighted by atomic mass is 15.4. The van der Waals surface area contributed by atoms with E-state index >= 15 is 0 Å². The highest BCUT2D eigenvalue weighted by Crippen LogP contribution is 2.12. The van der Waals surface area contributed by atoms with E-state index in [-0.39, 0.29) is 0 Å². The highest BCUT2D eigenvalue weighted by Gasteiger charge is 2.17. The van der Waals surface area contributed by atoms with Crippen LogP contribution in [0.2, 0.25) is 0 Å². The lowest BCUT2D eigenvalue weighted by molar-refractivity contribution is 0.192. The van der Waals surface area contributed by atoms with Gasteiger partial charge in [0.05, 0.1) is 13.3 Å². The number of nitrogens with zero attached hydrogens (tertiary/aromatic N) is 4. The van der Waals surface area contributed by atoms with Gasteiger partial charge in [-0.05, 0) is 27.7 Å². The zero-order valence-corrected chi connectivity index (χ0v) is 12.1. The van der Waals surface area contributed by atoms with E-state index in [1.165, 1.54) is 0 Å². The molecule has 0 aromatic rings. The minimum absolute atomic E-state index is 0.592. The second-order valence-electron chi connectivity index (χ2n) is 5.72. The summed E-state index contributed by atoms with van der Waals surface area (Å²) >= 11 is 0. The summed E-state index contributed by atoms with van der Waals surface area (Å²) in [6.07, 6.45) is 8.82. The van der Waals surface area contributed by atoms with E-state index in [2.05, 4.69) is 72.1 Å². The Morgan fingerprint density at radius 3 is 1.39 bits per heavy atom. The molecule has 2 aliphatic rings. The summed E-state index contributed by atoms with van der Waals surface area (Å²) < 4.78 is 0. The lowest BCUT2D eigenvalue weighted by Gasteiger charge is -2.27. The Labute approximate surface area is 111 Å². The van der Waals surface area contributed by atoms with E-state index in [0.717, 1.165) is 26.4 Å². The Morgan fingerprint density at radius 2 is 1.11 bits per heavy atom. The molecule has 0 fully saturated rings. The van der Waals surface area contributed by atoms with E-state index in [9.17, 15) is 0 Å². The second kappa shape index (κ2) is 5.55. The van der Waals surface area contributed by atoms with Crippen LogP contribution in [0.25, 0.3) is 0 Å². The van der Waals surface area contributed by atoms with Crippen LogP contribution in [0.1, 0.15) is 27.7 Å². The van der Waals surface area contributed by atoms with Crippen molar-refractivity contribution in [3.63, 3.8) is 0 Å². The molecule has 0 saturated carbocycles. The van der Waals surface area contributed by atoms with E-state index in [0.29, 0.717) is 12.1 Å². The third kappa shape index (κ3) is 3.12. The van der Waals surface area contributed by atoms with Crippen LogP contribution in [0.4, 0.5) is 0 Å². The fourth-order valence-electron chi connectivity index (χ4n) is 2.19. The summed E-state index contributed by atoms with van der Waals surface area (Å²) in [4.78, 5) is 9.48. The molecule has 0 aromatic carbocycles. The number of rotatable bonds is 5. The highest BCUT2D eigenvalue weighted by molar-refractivity contribution is 4.95. The molecule has 0 unspecified atom stereocenters. The Balaban J connectivity index is 1.69. The topological polar surface area (TPSA) is 13.0 Å². The molecular weight excluding hydrogens is 224 g/mol. The first-order valence-electron chi connectivity index (χ1n) is 6.92. The average molecular weight is 250 g/mol. The van der Waals surface area contributed by atoms with Gasteiger partial charge in [-0.2, -0.15) is 0 Å². The van der Waals surface area contributed by atoms with Crippen molar-refractivity contribution in [3.8, 4) is 0 Å². The smallest absolute Gasteiger partial charge is 0.0897 e. The second-order valence-corrected chi connectivity index (χ2v) is 5.72. The lowest BCUT2D eigenvalue weighted by atomic mass is 10.4. The molecule has 2 aliphatic heterocycles. The third-order valence-electron chi connectivity index (χ3n) is 3.63. The quantitative estimate of drug-likeness (QED) is 0.739. The Bertz CT molecular complexity index is 290. The van der Waals surface area contributed by atoms with Gasteiger partial charge in [0.25, 0.3) is 0 Å². The molecule has 2 rings (SSSR count). The van der Waals surface area contributed by atoms with Crippen molar-refractivity contribution in [3.05, 3.63) is 24.8 Å². The van der Waals surface area contributed by atoms with Gasteiger partial charge in [0.15, 0.2) is 0 Å². The van der Waals surface area contributed by atoms with E-state index in [4.69, 9.17) is 0 Å². The van der Waals surface area contributed by atoms with E-state index in [1.54, 1.807) is 0 Å². The van der Waals surface area contributed by atoms with Gasteiger partial charge in [-0.3, -0.25) is 0 Å². The Hall–Kier alpha value is -1.32. The normalized spacial score (nSPS) is 19.2. The van der Waals surface area contributed by atoms with Crippen molar-refractivity contribution in [2.75, 3.05) is 26.4 Å². The molecule has 0 spiro atoms. The van der Waals surface area contributed by atoms with Crippen LogP contribution < -0.4 is 0 Å². The van der Waals surface area contributed by atoms with Gasteiger partial charge in [-0.1, -0.05) is 0 Å². The molecule has 2 heterocycles. The van der Waals surface area contributed by atoms with Crippen LogP contribution in [0.5, 0.6) is 0 Å². The number of hydrogen-bond acceptors (Lipinski definition) is 4. The Kier molecular flexibility index (Phi) is 4.04. The predicted octanol–water partition coefficient (Wildman–Crippen LogP) is 1.90. The summed E-state index contributed by atoms with van der Waals surface area (Å²) in [7, 11) is 0. The maximum atomic E-state index is 2.38. The molecule has 4 nitrogen and oxygen atoms in total. The lowest BCUT2D eigenvalue weighted by Crippen LogP contribution is -2.36. The van der Waals surface area contributed by atoms with Gasteiger partial charge in [-0.15, -0.1) is 0 Å². The van der Waals surface area contributed by atoms with Gasteiger partial charge in [0, 0.05) is 50.0 Å². The molecule has 102 valence electrons. The minimum Gasteiger partial charge on any atom is -0.357 e. The first-order valence-corrected chi connectivity index (χ1v) is 6.92. The predicted molar refractivity (Wildman–Crippen MR) is 75.4 cm³/mol. The molecule has 0 radical (unpaired) electrons. The standard InChI is InChI=1S/C14H26N4/c1-13(2)17-9-7-15(11-17)5-6-16-8-10-18(12-16)14(3)4/h7-10,13-14H,5-6,11-12H2,1-4H3. The van der Waals surface area contributed by atoms with Crippen LogP contribution in [-0.2, 0) is 0 Å². The first-order chi connectivity index (χ1) is 8.56. The van der Waals surface area contributed by atoms with Gasteiger partial charge in [0.1, 0.15) is 0 Å². The van der Waals surface area contributed by atoms with Crippen LogP contribution in [-0.4, -0.2) is 58.1 Å². The molecule has 0 aliphatic carbocycles. The summed E-state index contributed by atoms with van der Waals surface area (Å²) in [6.45, 7) is 13.2. The van der Waals surface area contributed by atoms with Gasteiger partial charge >= 0.3 is 0 Å². The molecule has 0 saturated heterocycles.